The molecule has 5 heteroatoms. The maximum atomic E-state index is 12.3. The SMILES string of the molecule is CCC(C(=O)O)N1C(=O)CC2(CCCC2)C1=O. The number of hydrogen-bond acceptors (Lipinski definition) is 3. The third kappa shape index (κ3) is 1.73. The molecule has 1 aliphatic heterocycles. The molecule has 2 fully saturated rings. The van der Waals surface area contributed by atoms with Crippen LogP contribution in [0.5, 0.6) is 0 Å². The number of carbonyl (C=O) groups excluding carboxylic acids is 2. The molecule has 0 aromatic heterocycles. The molecule has 0 bridgehead atoms. The number of carboxylic acid groups (broad SMARTS) is 1. The molecule has 0 aromatic rings. The van der Waals surface area contributed by atoms with Crippen LogP contribution in [0.25, 0.3) is 0 Å². The van der Waals surface area contributed by atoms with Gasteiger partial charge in [-0.15, -0.1) is 0 Å². The lowest BCUT2D eigenvalue weighted by Crippen LogP contribution is -2.46. The van der Waals surface area contributed by atoms with Gasteiger partial charge in [0.15, 0.2) is 0 Å². The lowest BCUT2D eigenvalue weighted by molar-refractivity contribution is -0.155. The van der Waals surface area contributed by atoms with Gasteiger partial charge in [-0.1, -0.05) is 19.8 Å². The summed E-state index contributed by atoms with van der Waals surface area (Å²) in [5.41, 5.74) is -0.569. The number of imide groups is 1. The summed E-state index contributed by atoms with van der Waals surface area (Å²) in [6.45, 7) is 1.68. The van der Waals surface area contributed by atoms with Crippen LogP contribution in [0.1, 0.15) is 45.4 Å². The third-order valence-corrected chi connectivity index (χ3v) is 3.97. The zero-order valence-corrected chi connectivity index (χ0v) is 9.94. The molecule has 1 spiro atoms. The predicted molar refractivity (Wildman–Crippen MR) is 59.1 cm³/mol. The van der Waals surface area contributed by atoms with Gasteiger partial charge in [0.05, 0.1) is 5.41 Å². The highest BCUT2D eigenvalue weighted by Crippen LogP contribution is 2.47. The van der Waals surface area contributed by atoms with Crippen LogP contribution < -0.4 is 0 Å². The molecule has 17 heavy (non-hydrogen) atoms. The summed E-state index contributed by atoms with van der Waals surface area (Å²) in [5, 5.41) is 9.05. The van der Waals surface area contributed by atoms with Crippen LogP contribution >= 0.6 is 0 Å². The van der Waals surface area contributed by atoms with E-state index in [0.717, 1.165) is 30.6 Å². The largest absolute Gasteiger partial charge is 0.480 e. The predicted octanol–water partition coefficient (Wildman–Crippen LogP) is 1.17. The Balaban J connectivity index is 2.27. The van der Waals surface area contributed by atoms with Crippen molar-refractivity contribution >= 4 is 17.8 Å². The van der Waals surface area contributed by atoms with E-state index in [-0.39, 0.29) is 24.7 Å². The van der Waals surface area contributed by atoms with Crippen LogP contribution in [-0.4, -0.2) is 33.8 Å². The van der Waals surface area contributed by atoms with Gasteiger partial charge >= 0.3 is 5.97 Å². The first-order valence-electron chi connectivity index (χ1n) is 6.11. The van der Waals surface area contributed by atoms with E-state index in [2.05, 4.69) is 0 Å². The second kappa shape index (κ2) is 4.13. The molecular weight excluding hydrogens is 222 g/mol. The van der Waals surface area contributed by atoms with E-state index in [1.165, 1.54) is 0 Å². The Kier molecular flexibility index (Phi) is 2.93. The maximum Gasteiger partial charge on any atom is 0.326 e. The number of carbonyl (C=O) groups is 3. The molecule has 2 aliphatic rings. The topological polar surface area (TPSA) is 74.7 Å². The van der Waals surface area contributed by atoms with E-state index in [9.17, 15) is 14.4 Å². The summed E-state index contributed by atoms with van der Waals surface area (Å²) in [6.07, 6.45) is 3.83. The van der Waals surface area contributed by atoms with Crippen molar-refractivity contribution in [2.24, 2.45) is 5.41 Å². The summed E-state index contributed by atoms with van der Waals surface area (Å²) >= 11 is 0. The third-order valence-electron chi connectivity index (χ3n) is 3.97. The Morgan fingerprint density at radius 1 is 1.41 bits per heavy atom. The fraction of sp³-hybridized carbons (Fsp3) is 0.750. The van der Waals surface area contributed by atoms with Crippen molar-refractivity contribution in [2.45, 2.75) is 51.5 Å². The standard InChI is InChI=1S/C12H17NO4/c1-2-8(10(15)16)13-9(14)7-12(11(13)17)5-3-4-6-12/h8H,2-7H2,1H3,(H,15,16). The van der Waals surface area contributed by atoms with Crippen molar-refractivity contribution in [2.75, 3.05) is 0 Å². The van der Waals surface area contributed by atoms with Crippen LogP contribution in [-0.2, 0) is 14.4 Å². The summed E-state index contributed by atoms with van der Waals surface area (Å²) < 4.78 is 0. The van der Waals surface area contributed by atoms with Gasteiger partial charge in [0.1, 0.15) is 6.04 Å². The molecule has 1 saturated heterocycles. The monoisotopic (exact) mass is 239 g/mol. The number of rotatable bonds is 3. The van der Waals surface area contributed by atoms with Crippen LogP contribution in [0, 0.1) is 5.41 Å². The average molecular weight is 239 g/mol. The van der Waals surface area contributed by atoms with E-state index in [4.69, 9.17) is 5.11 Å². The summed E-state index contributed by atoms with van der Waals surface area (Å²) in [6, 6.07) is -0.991. The summed E-state index contributed by atoms with van der Waals surface area (Å²) in [4.78, 5) is 36.2. The van der Waals surface area contributed by atoms with Gasteiger partial charge in [-0.25, -0.2) is 4.79 Å². The van der Waals surface area contributed by atoms with Gasteiger partial charge in [-0.2, -0.15) is 0 Å². The Morgan fingerprint density at radius 3 is 2.47 bits per heavy atom. The lowest BCUT2D eigenvalue weighted by atomic mass is 9.84. The van der Waals surface area contributed by atoms with Crippen molar-refractivity contribution in [3.63, 3.8) is 0 Å². The summed E-state index contributed by atoms with van der Waals surface area (Å²) in [7, 11) is 0. The number of nitrogens with zero attached hydrogens (tertiary/aromatic N) is 1. The minimum absolute atomic E-state index is 0.204. The first kappa shape index (κ1) is 12.1. The molecule has 2 rings (SSSR count). The van der Waals surface area contributed by atoms with Crippen molar-refractivity contribution in [3.8, 4) is 0 Å². The fourth-order valence-corrected chi connectivity index (χ4v) is 3.04. The second-order valence-electron chi connectivity index (χ2n) is 5.00. The molecule has 0 aromatic carbocycles. The van der Waals surface area contributed by atoms with Gasteiger partial charge in [0.25, 0.3) is 0 Å². The first-order valence-corrected chi connectivity index (χ1v) is 6.11. The molecular formula is C12H17NO4. The van der Waals surface area contributed by atoms with E-state index in [1.54, 1.807) is 6.92 Å². The molecule has 1 saturated carbocycles. The number of amides is 2. The number of carboxylic acids is 1. The van der Waals surface area contributed by atoms with Crippen molar-refractivity contribution < 1.29 is 19.5 Å². The van der Waals surface area contributed by atoms with Gasteiger partial charge in [-0.3, -0.25) is 14.5 Å². The van der Waals surface area contributed by atoms with Crippen LogP contribution in [0.3, 0.4) is 0 Å². The normalized spacial score (nSPS) is 24.6. The Morgan fingerprint density at radius 2 is 2.00 bits per heavy atom. The van der Waals surface area contributed by atoms with E-state index in [0.29, 0.717) is 0 Å². The fourth-order valence-electron chi connectivity index (χ4n) is 3.04. The molecule has 1 atom stereocenters. The minimum atomic E-state index is -1.09. The average Bonchev–Trinajstić information content (AvgIpc) is 2.81. The zero-order valence-electron chi connectivity index (χ0n) is 9.94. The quantitative estimate of drug-likeness (QED) is 0.750. The van der Waals surface area contributed by atoms with Crippen LogP contribution in [0.15, 0.2) is 0 Å². The molecule has 1 aliphatic carbocycles. The highest BCUT2D eigenvalue weighted by Gasteiger charge is 2.55. The van der Waals surface area contributed by atoms with E-state index >= 15 is 0 Å². The molecule has 5 nitrogen and oxygen atoms in total. The second-order valence-corrected chi connectivity index (χ2v) is 5.00. The lowest BCUT2D eigenvalue weighted by Gasteiger charge is -2.24. The first-order chi connectivity index (χ1) is 8.02. The zero-order chi connectivity index (χ0) is 12.6. The number of hydrogen-bond donors (Lipinski definition) is 1. The van der Waals surface area contributed by atoms with Gasteiger partial charge < -0.3 is 5.11 Å². The molecule has 1 unspecified atom stereocenters. The van der Waals surface area contributed by atoms with Crippen molar-refractivity contribution in [1.82, 2.24) is 4.90 Å². The smallest absolute Gasteiger partial charge is 0.326 e. The molecule has 94 valence electrons. The van der Waals surface area contributed by atoms with Gasteiger partial charge in [0, 0.05) is 6.42 Å². The maximum absolute atomic E-state index is 12.3. The van der Waals surface area contributed by atoms with Gasteiger partial charge in [-0.05, 0) is 19.3 Å². The van der Waals surface area contributed by atoms with Crippen molar-refractivity contribution in [1.29, 1.82) is 0 Å². The highest BCUT2D eigenvalue weighted by molar-refractivity contribution is 6.08. The Labute approximate surface area is 99.8 Å². The number of aliphatic carboxylic acids is 1. The Bertz CT molecular complexity index is 371. The summed E-state index contributed by atoms with van der Waals surface area (Å²) in [5.74, 6) is -1.66. The minimum Gasteiger partial charge on any atom is -0.480 e. The molecule has 0 radical (unpaired) electrons. The molecule has 1 heterocycles. The molecule has 1 N–H and O–H groups in total. The van der Waals surface area contributed by atoms with Gasteiger partial charge in [0.2, 0.25) is 11.8 Å². The van der Waals surface area contributed by atoms with Crippen molar-refractivity contribution in [3.05, 3.63) is 0 Å². The molecule has 2 amide bonds. The van der Waals surface area contributed by atoms with Crippen LogP contribution in [0.2, 0.25) is 0 Å². The van der Waals surface area contributed by atoms with Crippen LogP contribution in [0.4, 0.5) is 0 Å². The number of likely N-dealkylation sites (tertiary alicyclic amines) is 1. The van der Waals surface area contributed by atoms with E-state index in [1.807, 2.05) is 0 Å². The Hall–Kier alpha value is -1.39. The van der Waals surface area contributed by atoms with E-state index < -0.39 is 17.4 Å². The highest BCUT2D eigenvalue weighted by atomic mass is 16.4.